The maximum Gasteiger partial charge on any atom is 0.288 e. The van der Waals surface area contributed by atoms with Crippen LogP contribution in [0.2, 0.25) is 5.02 Å². The minimum Gasteiger partial charge on any atom is -0.326 e. The molecule has 0 aliphatic rings. The molecule has 0 heterocycles. The lowest BCUT2D eigenvalue weighted by Gasteiger charge is -2.09. The van der Waals surface area contributed by atoms with Crippen molar-refractivity contribution in [3.63, 3.8) is 0 Å². The number of amides is 3. The quantitative estimate of drug-likeness (QED) is 0.489. The van der Waals surface area contributed by atoms with Gasteiger partial charge in [0.2, 0.25) is 5.91 Å². The fourth-order valence-electron chi connectivity index (χ4n) is 2.34. The number of anilines is 1. The van der Waals surface area contributed by atoms with Crippen molar-refractivity contribution in [2.45, 2.75) is 20.3 Å². The Hall–Kier alpha value is -3.46. The number of hydrogen-bond donors (Lipinski definition) is 3. The molecular weight excluding hydrogens is 400 g/mol. The van der Waals surface area contributed by atoms with Crippen molar-refractivity contribution in [1.29, 1.82) is 0 Å². The van der Waals surface area contributed by atoms with E-state index in [1.54, 1.807) is 12.1 Å². The first-order valence-corrected chi connectivity index (χ1v) is 8.99. The Kier molecular flexibility index (Phi) is 7.27. The number of hydrogen-bond acceptors (Lipinski definition) is 5. The molecule has 0 fully saturated rings. The Morgan fingerprint density at radius 1 is 1.00 bits per heavy atom. The van der Waals surface area contributed by atoms with Crippen molar-refractivity contribution in [3.8, 4) is 0 Å². The zero-order valence-corrected chi connectivity index (χ0v) is 16.4. The van der Waals surface area contributed by atoms with Gasteiger partial charge in [0.1, 0.15) is 5.02 Å². The molecule has 0 radical (unpaired) electrons. The molecular formula is C19H19ClN4O5. The van der Waals surface area contributed by atoms with E-state index >= 15 is 0 Å². The molecule has 0 saturated heterocycles. The molecule has 2 rings (SSSR count). The second-order valence-corrected chi connectivity index (χ2v) is 6.96. The summed E-state index contributed by atoms with van der Waals surface area (Å²) in [6, 6.07) is 9.64. The third-order valence-electron chi connectivity index (χ3n) is 3.72. The van der Waals surface area contributed by atoms with Gasteiger partial charge in [-0.3, -0.25) is 35.3 Å². The van der Waals surface area contributed by atoms with Crippen LogP contribution in [0.25, 0.3) is 0 Å². The molecule has 9 nitrogen and oxygen atoms in total. The molecule has 0 unspecified atom stereocenters. The fourth-order valence-corrected chi connectivity index (χ4v) is 2.53. The number of nitrogens with one attached hydrogen (secondary N) is 3. The molecule has 0 bridgehead atoms. The molecule has 0 atom stereocenters. The smallest absolute Gasteiger partial charge is 0.288 e. The largest absolute Gasteiger partial charge is 0.326 e. The van der Waals surface area contributed by atoms with Gasteiger partial charge in [0.05, 0.1) is 4.92 Å². The van der Waals surface area contributed by atoms with Crippen LogP contribution in [0, 0.1) is 16.0 Å². The number of nitrogens with zero attached hydrogens (tertiary/aromatic N) is 1. The number of carbonyl (C=O) groups is 3. The lowest BCUT2D eigenvalue weighted by molar-refractivity contribution is -0.384. The molecule has 3 N–H and O–H groups in total. The lowest BCUT2D eigenvalue weighted by atomic mass is 10.1. The Labute approximate surface area is 171 Å². The van der Waals surface area contributed by atoms with E-state index in [1.165, 1.54) is 24.3 Å². The van der Waals surface area contributed by atoms with Crippen LogP contribution < -0.4 is 16.2 Å². The summed E-state index contributed by atoms with van der Waals surface area (Å²) in [6.07, 6.45) is 0.386. The van der Waals surface area contributed by atoms with Crippen molar-refractivity contribution < 1.29 is 19.3 Å². The molecule has 0 aliphatic heterocycles. The first-order chi connectivity index (χ1) is 13.7. The molecule has 2 aromatic carbocycles. The number of carbonyl (C=O) groups excluding carboxylic acids is 3. The zero-order chi connectivity index (χ0) is 21.6. The van der Waals surface area contributed by atoms with Gasteiger partial charge in [0.25, 0.3) is 17.5 Å². The van der Waals surface area contributed by atoms with Crippen molar-refractivity contribution in [2.24, 2.45) is 5.92 Å². The molecule has 2 aromatic rings. The zero-order valence-electron chi connectivity index (χ0n) is 15.7. The van der Waals surface area contributed by atoms with Crippen LogP contribution in [0.5, 0.6) is 0 Å². The van der Waals surface area contributed by atoms with E-state index in [0.717, 1.165) is 6.07 Å². The average molecular weight is 419 g/mol. The summed E-state index contributed by atoms with van der Waals surface area (Å²) in [7, 11) is 0. The number of nitro groups is 1. The Morgan fingerprint density at radius 2 is 1.55 bits per heavy atom. The van der Waals surface area contributed by atoms with Crippen molar-refractivity contribution >= 4 is 40.7 Å². The highest BCUT2D eigenvalue weighted by molar-refractivity contribution is 6.32. The molecule has 152 valence electrons. The Morgan fingerprint density at radius 3 is 2.10 bits per heavy atom. The van der Waals surface area contributed by atoms with E-state index in [1.807, 2.05) is 13.8 Å². The van der Waals surface area contributed by atoms with Crippen LogP contribution in [0.3, 0.4) is 0 Å². The van der Waals surface area contributed by atoms with E-state index in [9.17, 15) is 24.5 Å². The van der Waals surface area contributed by atoms with Gasteiger partial charge in [0, 0.05) is 29.3 Å². The molecule has 0 aliphatic carbocycles. The Bertz CT molecular complexity index is 944. The first-order valence-electron chi connectivity index (χ1n) is 8.62. The molecule has 3 amide bonds. The summed E-state index contributed by atoms with van der Waals surface area (Å²) in [5.74, 6) is -1.23. The maximum absolute atomic E-state index is 12.1. The number of nitro benzene ring substituents is 1. The topological polar surface area (TPSA) is 130 Å². The van der Waals surface area contributed by atoms with Gasteiger partial charge in [-0.05, 0) is 42.3 Å². The van der Waals surface area contributed by atoms with E-state index in [4.69, 9.17) is 11.6 Å². The molecule has 0 aromatic heterocycles. The normalized spacial score (nSPS) is 10.3. The molecule has 29 heavy (non-hydrogen) atoms. The van der Waals surface area contributed by atoms with Crippen molar-refractivity contribution in [2.75, 3.05) is 5.32 Å². The summed E-state index contributed by atoms with van der Waals surface area (Å²) in [6.45, 7) is 3.87. The first kappa shape index (κ1) is 21.8. The van der Waals surface area contributed by atoms with E-state index in [2.05, 4.69) is 16.2 Å². The third-order valence-corrected chi connectivity index (χ3v) is 4.04. The second-order valence-electron chi connectivity index (χ2n) is 6.56. The van der Waals surface area contributed by atoms with Gasteiger partial charge in [-0.2, -0.15) is 0 Å². The van der Waals surface area contributed by atoms with Crippen molar-refractivity contribution in [3.05, 3.63) is 68.7 Å². The number of halogens is 1. The Balaban J connectivity index is 1.95. The van der Waals surface area contributed by atoms with Gasteiger partial charge < -0.3 is 5.32 Å². The number of rotatable bonds is 6. The third kappa shape index (κ3) is 6.28. The maximum atomic E-state index is 12.1. The van der Waals surface area contributed by atoms with Gasteiger partial charge >= 0.3 is 0 Å². The lowest BCUT2D eigenvalue weighted by Crippen LogP contribution is -2.41. The van der Waals surface area contributed by atoms with Crippen LogP contribution in [0.15, 0.2) is 42.5 Å². The van der Waals surface area contributed by atoms with E-state index in [-0.39, 0.29) is 28.0 Å². The van der Waals surface area contributed by atoms with Gasteiger partial charge in [-0.1, -0.05) is 25.4 Å². The number of benzene rings is 2. The van der Waals surface area contributed by atoms with Gasteiger partial charge in [-0.25, -0.2) is 0 Å². The highest BCUT2D eigenvalue weighted by Crippen LogP contribution is 2.24. The standard InChI is InChI=1S/C19H19ClN4O5/c1-11(2)9-17(25)21-14-6-3-12(4-7-14)18(26)22-23-19(27)13-5-8-15(20)16(10-13)24(28)29/h3-8,10-11H,9H2,1-2H3,(H,21,25)(H,22,26)(H,23,27). The predicted molar refractivity (Wildman–Crippen MR) is 108 cm³/mol. The SMILES string of the molecule is CC(C)CC(=O)Nc1ccc(C(=O)NNC(=O)c2ccc(Cl)c([N+](=O)[O-])c2)cc1. The second kappa shape index (κ2) is 9.65. The van der Waals surface area contributed by atoms with Gasteiger partial charge in [0.15, 0.2) is 0 Å². The number of hydrazine groups is 1. The van der Waals surface area contributed by atoms with Crippen LogP contribution in [-0.4, -0.2) is 22.6 Å². The molecule has 10 heteroatoms. The van der Waals surface area contributed by atoms with Crippen LogP contribution in [0.4, 0.5) is 11.4 Å². The fraction of sp³-hybridized carbons (Fsp3) is 0.211. The predicted octanol–water partition coefficient (Wildman–Crippen LogP) is 3.31. The average Bonchev–Trinajstić information content (AvgIpc) is 2.65. The summed E-state index contributed by atoms with van der Waals surface area (Å²) >= 11 is 5.70. The summed E-state index contributed by atoms with van der Waals surface area (Å²) < 4.78 is 0. The minimum atomic E-state index is -0.740. The summed E-state index contributed by atoms with van der Waals surface area (Å²) in [4.78, 5) is 46.2. The summed E-state index contributed by atoms with van der Waals surface area (Å²) in [5.41, 5.74) is 4.73. The van der Waals surface area contributed by atoms with Crippen LogP contribution in [-0.2, 0) is 4.79 Å². The monoisotopic (exact) mass is 418 g/mol. The molecule has 0 spiro atoms. The highest BCUT2D eigenvalue weighted by atomic mass is 35.5. The van der Waals surface area contributed by atoms with Crippen LogP contribution >= 0.6 is 11.6 Å². The van der Waals surface area contributed by atoms with Crippen LogP contribution in [0.1, 0.15) is 41.0 Å². The summed E-state index contributed by atoms with van der Waals surface area (Å²) in [5, 5.41) is 13.5. The minimum absolute atomic E-state index is 0.0374. The van der Waals surface area contributed by atoms with Crippen molar-refractivity contribution in [1.82, 2.24) is 10.9 Å². The van der Waals surface area contributed by atoms with E-state index in [0.29, 0.717) is 12.1 Å². The highest BCUT2D eigenvalue weighted by Gasteiger charge is 2.17. The van der Waals surface area contributed by atoms with E-state index < -0.39 is 22.4 Å². The molecule has 0 saturated carbocycles. The van der Waals surface area contributed by atoms with Gasteiger partial charge in [-0.15, -0.1) is 0 Å².